The lowest BCUT2D eigenvalue weighted by Crippen LogP contribution is -2.22. The fraction of sp³-hybridized carbons (Fsp3) is 0.375. The molecule has 1 unspecified atom stereocenters. The number of aliphatic hydroxyl groups is 1. The van der Waals surface area contributed by atoms with Crippen LogP contribution in [0.1, 0.15) is 18.7 Å². The molecule has 0 spiro atoms. The van der Waals surface area contributed by atoms with Crippen LogP contribution in [0.5, 0.6) is 5.88 Å². The monoisotopic (exact) mass is 169 g/mol. The third-order valence-electron chi connectivity index (χ3n) is 1.57. The largest absolute Gasteiger partial charge is 0.494 e. The fourth-order valence-electron chi connectivity index (χ4n) is 1.07. The molecule has 0 amide bonds. The van der Waals surface area contributed by atoms with Crippen molar-refractivity contribution in [1.29, 1.82) is 0 Å². The summed E-state index contributed by atoms with van der Waals surface area (Å²) in [5, 5.41) is 18.3. The van der Waals surface area contributed by atoms with Crippen LogP contribution in [0.3, 0.4) is 0 Å². The maximum atomic E-state index is 11.1. The minimum absolute atomic E-state index is 0.213. The van der Waals surface area contributed by atoms with Gasteiger partial charge in [-0.2, -0.15) is 0 Å². The molecule has 0 saturated carbocycles. The van der Waals surface area contributed by atoms with Gasteiger partial charge in [-0.15, -0.1) is 0 Å². The summed E-state index contributed by atoms with van der Waals surface area (Å²) >= 11 is 0. The Morgan fingerprint density at radius 1 is 1.50 bits per heavy atom. The molecule has 4 heteroatoms. The van der Waals surface area contributed by atoms with Crippen molar-refractivity contribution >= 4 is 0 Å². The average Bonchev–Trinajstić information content (AvgIpc) is 1.82. The van der Waals surface area contributed by atoms with Crippen LogP contribution in [-0.4, -0.2) is 14.8 Å². The number of pyridine rings is 1. The van der Waals surface area contributed by atoms with Crippen molar-refractivity contribution in [1.82, 2.24) is 4.57 Å². The highest BCUT2D eigenvalue weighted by Crippen LogP contribution is 2.11. The van der Waals surface area contributed by atoms with E-state index < -0.39 is 11.8 Å². The molecular weight excluding hydrogens is 158 g/mol. The number of nitrogens with zero attached hydrogens (tertiary/aromatic N) is 1. The van der Waals surface area contributed by atoms with Crippen molar-refractivity contribution in [2.75, 3.05) is 0 Å². The zero-order valence-electron chi connectivity index (χ0n) is 6.98. The van der Waals surface area contributed by atoms with Crippen LogP contribution in [0.2, 0.25) is 0 Å². The van der Waals surface area contributed by atoms with Crippen LogP contribution in [0.15, 0.2) is 16.9 Å². The molecule has 0 aliphatic carbocycles. The smallest absolute Gasteiger partial charge is 0.255 e. The van der Waals surface area contributed by atoms with Crippen LogP contribution in [0, 0.1) is 6.92 Å². The normalized spacial score (nSPS) is 12.9. The summed E-state index contributed by atoms with van der Waals surface area (Å²) in [6.45, 7) is 3.12. The van der Waals surface area contributed by atoms with Gasteiger partial charge in [0, 0.05) is 12.1 Å². The van der Waals surface area contributed by atoms with Gasteiger partial charge in [-0.1, -0.05) is 0 Å². The summed E-state index contributed by atoms with van der Waals surface area (Å²) in [5.74, 6) is -0.213. The van der Waals surface area contributed by atoms with Crippen molar-refractivity contribution in [2.24, 2.45) is 0 Å². The Bertz CT molecular complexity index is 341. The molecule has 0 aliphatic heterocycles. The number of aliphatic hydroxyl groups excluding tert-OH is 1. The first-order valence-corrected chi connectivity index (χ1v) is 3.62. The van der Waals surface area contributed by atoms with Crippen molar-refractivity contribution in [3.63, 3.8) is 0 Å². The number of rotatable bonds is 1. The van der Waals surface area contributed by atoms with E-state index in [1.165, 1.54) is 19.1 Å². The lowest BCUT2D eigenvalue weighted by atomic mass is 10.3. The Hall–Kier alpha value is -1.29. The van der Waals surface area contributed by atoms with E-state index >= 15 is 0 Å². The predicted octanol–water partition coefficient (Wildman–Crippen LogP) is 0.373. The summed E-state index contributed by atoms with van der Waals surface area (Å²) < 4.78 is 0.910. The van der Waals surface area contributed by atoms with Gasteiger partial charge in [-0.3, -0.25) is 9.36 Å². The zero-order chi connectivity index (χ0) is 9.30. The molecule has 1 aromatic rings. The molecule has 0 aromatic carbocycles. The average molecular weight is 169 g/mol. The van der Waals surface area contributed by atoms with Gasteiger partial charge >= 0.3 is 0 Å². The molecule has 0 saturated heterocycles. The topological polar surface area (TPSA) is 62.5 Å². The molecule has 12 heavy (non-hydrogen) atoms. The molecule has 0 bridgehead atoms. The van der Waals surface area contributed by atoms with E-state index in [1.54, 1.807) is 6.92 Å². The Balaban J connectivity index is 3.39. The standard InChI is InChI=1S/C8H11NO3/c1-5-3-7(11)9(6(2)10)8(12)4-5/h3-4,6,10-11H,1-2H3. The molecule has 2 N–H and O–H groups in total. The van der Waals surface area contributed by atoms with Crippen LogP contribution in [-0.2, 0) is 0 Å². The maximum absolute atomic E-state index is 11.1. The minimum Gasteiger partial charge on any atom is -0.494 e. The van der Waals surface area contributed by atoms with Gasteiger partial charge in [-0.05, 0) is 19.4 Å². The van der Waals surface area contributed by atoms with Gasteiger partial charge in [0.25, 0.3) is 5.56 Å². The minimum atomic E-state index is -1.00. The van der Waals surface area contributed by atoms with Crippen molar-refractivity contribution < 1.29 is 10.2 Å². The zero-order valence-corrected chi connectivity index (χ0v) is 6.98. The summed E-state index contributed by atoms with van der Waals surface area (Å²) in [5.41, 5.74) is 0.275. The third kappa shape index (κ3) is 1.48. The van der Waals surface area contributed by atoms with Gasteiger partial charge in [0.15, 0.2) is 5.88 Å². The Kier molecular flexibility index (Phi) is 2.19. The first-order valence-electron chi connectivity index (χ1n) is 3.62. The second-order valence-electron chi connectivity index (χ2n) is 2.73. The number of aromatic hydroxyl groups is 1. The molecule has 1 heterocycles. The van der Waals surface area contributed by atoms with Crippen LogP contribution >= 0.6 is 0 Å². The van der Waals surface area contributed by atoms with E-state index in [-0.39, 0.29) is 5.88 Å². The number of hydrogen-bond acceptors (Lipinski definition) is 3. The quantitative estimate of drug-likeness (QED) is 0.638. The first kappa shape index (κ1) is 8.80. The van der Waals surface area contributed by atoms with E-state index in [0.29, 0.717) is 5.56 Å². The highest BCUT2D eigenvalue weighted by Gasteiger charge is 2.07. The predicted molar refractivity (Wildman–Crippen MR) is 44.0 cm³/mol. The SMILES string of the molecule is Cc1cc(O)n(C(C)O)c(=O)c1. The molecule has 0 aliphatic rings. The number of hydrogen-bond donors (Lipinski definition) is 2. The molecule has 1 aromatic heterocycles. The van der Waals surface area contributed by atoms with E-state index in [0.717, 1.165) is 4.57 Å². The van der Waals surface area contributed by atoms with Crippen LogP contribution in [0.25, 0.3) is 0 Å². The van der Waals surface area contributed by atoms with E-state index in [2.05, 4.69) is 0 Å². The molecule has 1 rings (SSSR count). The molecular formula is C8H11NO3. The van der Waals surface area contributed by atoms with Crippen LogP contribution < -0.4 is 5.56 Å². The number of aryl methyl sites for hydroxylation is 1. The summed E-state index contributed by atoms with van der Waals surface area (Å²) in [6.07, 6.45) is -1.00. The van der Waals surface area contributed by atoms with Crippen molar-refractivity contribution in [2.45, 2.75) is 20.1 Å². The lowest BCUT2D eigenvalue weighted by molar-refractivity contribution is 0.110. The molecule has 1 atom stereocenters. The fourth-order valence-corrected chi connectivity index (χ4v) is 1.07. The Labute approximate surface area is 69.7 Å². The second kappa shape index (κ2) is 2.98. The third-order valence-corrected chi connectivity index (χ3v) is 1.57. The van der Waals surface area contributed by atoms with Gasteiger partial charge in [0.05, 0.1) is 0 Å². The van der Waals surface area contributed by atoms with E-state index in [1.807, 2.05) is 0 Å². The van der Waals surface area contributed by atoms with Crippen molar-refractivity contribution in [3.05, 3.63) is 28.0 Å². The summed E-state index contributed by atoms with van der Waals surface area (Å²) in [6, 6.07) is 2.78. The Morgan fingerprint density at radius 3 is 2.50 bits per heavy atom. The van der Waals surface area contributed by atoms with Gasteiger partial charge in [0.2, 0.25) is 0 Å². The van der Waals surface area contributed by atoms with Gasteiger partial charge < -0.3 is 10.2 Å². The molecule has 4 nitrogen and oxygen atoms in total. The van der Waals surface area contributed by atoms with E-state index in [4.69, 9.17) is 5.11 Å². The summed E-state index contributed by atoms with van der Waals surface area (Å²) in [7, 11) is 0. The van der Waals surface area contributed by atoms with Gasteiger partial charge in [-0.25, -0.2) is 0 Å². The first-order chi connectivity index (χ1) is 5.52. The van der Waals surface area contributed by atoms with Crippen LogP contribution in [0.4, 0.5) is 0 Å². The summed E-state index contributed by atoms with van der Waals surface area (Å²) in [4.78, 5) is 11.1. The maximum Gasteiger partial charge on any atom is 0.255 e. The highest BCUT2D eigenvalue weighted by molar-refractivity contribution is 5.19. The van der Waals surface area contributed by atoms with E-state index in [9.17, 15) is 9.90 Å². The number of aromatic nitrogens is 1. The molecule has 0 radical (unpaired) electrons. The Morgan fingerprint density at radius 2 is 2.08 bits per heavy atom. The van der Waals surface area contributed by atoms with Crippen molar-refractivity contribution in [3.8, 4) is 5.88 Å². The second-order valence-corrected chi connectivity index (χ2v) is 2.73. The molecule has 0 fully saturated rings. The van der Waals surface area contributed by atoms with Gasteiger partial charge in [0.1, 0.15) is 6.23 Å². The molecule has 66 valence electrons. The highest BCUT2D eigenvalue weighted by atomic mass is 16.3. The lowest BCUT2D eigenvalue weighted by Gasteiger charge is -2.10.